The Morgan fingerprint density at radius 3 is 2.95 bits per heavy atom. The van der Waals surface area contributed by atoms with E-state index in [-0.39, 0.29) is 0 Å². The Morgan fingerprint density at radius 2 is 2.25 bits per heavy atom. The third-order valence-electron chi connectivity index (χ3n) is 3.60. The lowest BCUT2D eigenvalue weighted by molar-refractivity contribution is 0.0696. The summed E-state index contributed by atoms with van der Waals surface area (Å²) in [5, 5.41) is 12.9. The van der Waals surface area contributed by atoms with E-state index in [1.165, 1.54) is 5.56 Å². The van der Waals surface area contributed by atoms with Gasteiger partial charge in [0.25, 0.3) is 0 Å². The molecule has 1 aromatic heterocycles. The normalized spacial score (nSPS) is 15.1. The fourth-order valence-corrected chi connectivity index (χ4v) is 2.59. The van der Waals surface area contributed by atoms with Crippen LogP contribution in [0.1, 0.15) is 32.9 Å². The number of fused-ring (bicyclic) bond motifs is 1. The van der Waals surface area contributed by atoms with E-state index in [1.54, 1.807) is 12.1 Å². The molecule has 0 fully saturated rings. The predicted molar refractivity (Wildman–Crippen MR) is 72.5 cm³/mol. The molecule has 0 saturated carbocycles. The summed E-state index contributed by atoms with van der Waals surface area (Å²) < 4.78 is 5.23. The number of aromatic nitrogens is 1. The Balaban J connectivity index is 1.76. The topological polar surface area (TPSA) is 66.6 Å². The fraction of sp³-hybridized carbons (Fsp3) is 0.333. The maximum atomic E-state index is 11.0. The van der Waals surface area contributed by atoms with E-state index < -0.39 is 5.97 Å². The van der Waals surface area contributed by atoms with Crippen LogP contribution >= 0.6 is 0 Å². The third kappa shape index (κ3) is 2.58. The SMILES string of the molecule is Cc1cc(CN2CCc3ccc(C(=O)O)cc3C2)on1. The standard InChI is InChI=1S/C15H16N2O3/c1-10-6-14(20-16-10)9-17-5-4-11-2-3-12(15(18)19)7-13(11)8-17/h2-3,6-7H,4-5,8-9H2,1H3,(H,18,19). The predicted octanol–water partition coefficient (Wildman–Crippen LogP) is 2.24. The van der Waals surface area contributed by atoms with Gasteiger partial charge in [-0.2, -0.15) is 0 Å². The van der Waals surface area contributed by atoms with E-state index in [0.29, 0.717) is 12.1 Å². The highest BCUT2D eigenvalue weighted by molar-refractivity contribution is 5.87. The molecule has 0 saturated heterocycles. The molecule has 3 rings (SSSR count). The van der Waals surface area contributed by atoms with Crippen LogP contribution < -0.4 is 0 Å². The van der Waals surface area contributed by atoms with Gasteiger partial charge in [0.2, 0.25) is 0 Å². The zero-order valence-corrected chi connectivity index (χ0v) is 11.3. The molecule has 104 valence electrons. The van der Waals surface area contributed by atoms with Gasteiger partial charge in [-0.05, 0) is 36.6 Å². The van der Waals surface area contributed by atoms with Gasteiger partial charge >= 0.3 is 5.97 Å². The summed E-state index contributed by atoms with van der Waals surface area (Å²) in [4.78, 5) is 13.3. The molecule has 0 amide bonds. The van der Waals surface area contributed by atoms with Gasteiger partial charge in [-0.1, -0.05) is 11.2 Å². The van der Waals surface area contributed by atoms with Crippen LogP contribution in [0.25, 0.3) is 0 Å². The van der Waals surface area contributed by atoms with Gasteiger partial charge in [0, 0.05) is 19.2 Å². The van der Waals surface area contributed by atoms with E-state index in [4.69, 9.17) is 9.63 Å². The highest BCUT2D eigenvalue weighted by Gasteiger charge is 2.19. The van der Waals surface area contributed by atoms with Crippen molar-refractivity contribution in [2.45, 2.75) is 26.4 Å². The molecule has 0 spiro atoms. The number of benzene rings is 1. The van der Waals surface area contributed by atoms with Crippen molar-refractivity contribution in [1.82, 2.24) is 10.1 Å². The second kappa shape index (κ2) is 5.09. The number of hydrogen-bond acceptors (Lipinski definition) is 4. The molecule has 1 aliphatic heterocycles. The molecule has 5 heteroatoms. The quantitative estimate of drug-likeness (QED) is 0.928. The zero-order chi connectivity index (χ0) is 14.1. The molecule has 1 aliphatic rings. The Hall–Kier alpha value is -2.14. The van der Waals surface area contributed by atoms with Gasteiger partial charge in [0.05, 0.1) is 17.8 Å². The average Bonchev–Trinajstić information content (AvgIpc) is 2.83. The molecular formula is C15H16N2O3. The largest absolute Gasteiger partial charge is 0.478 e. The summed E-state index contributed by atoms with van der Waals surface area (Å²) in [5.74, 6) is -0.0314. The van der Waals surface area contributed by atoms with Crippen molar-refractivity contribution in [3.63, 3.8) is 0 Å². The van der Waals surface area contributed by atoms with Crippen LogP contribution in [0.2, 0.25) is 0 Å². The second-order valence-corrected chi connectivity index (χ2v) is 5.18. The molecule has 0 atom stereocenters. The highest BCUT2D eigenvalue weighted by atomic mass is 16.5. The number of aryl methyl sites for hydroxylation is 1. The summed E-state index contributed by atoms with van der Waals surface area (Å²) in [7, 11) is 0. The summed E-state index contributed by atoms with van der Waals surface area (Å²) in [5.41, 5.74) is 3.55. The lowest BCUT2D eigenvalue weighted by Gasteiger charge is -2.27. The molecule has 1 N–H and O–H groups in total. The van der Waals surface area contributed by atoms with Crippen molar-refractivity contribution in [3.8, 4) is 0 Å². The number of nitrogens with zero attached hydrogens (tertiary/aromatic N) is 2. The van der Waals surface area contributed by atoms with Crippen molar-refractivity contribution < 1.29 is 14.4 Å². The van der Waals surface area contributed by atoms with Crippen molar-refractivity contribution in [3.05, 3.63) is 52.4 Å². The first-order chi connectivity index (χ1) is 9.61. The Kier molecular flexibility index (Phi) is 3.28. The third-order valence-corrected chi connectivity index (χ3v) is 3.60. The molecule has 5 nitrogen and oxygen atoms in total. The minimum absolute atomic E-state index is 0.348. The molecule has 0 aliphatic carbocycles. The van der Waals surface area contributed by atoms with Crippen molar-refractivity contribution in [2.24, 2.45) is 0 Å². The van der Waals surface area contributed by atoms with Crippen LogP contribution in [-0.4, -0.2) is 27.7 Å². The van der Waals surface area contributed by atoms with Crippen LogP contribution in [0.4, 0.5) is 0 Å². The second-order valence-electron chi connectivity index (χ2n) is 5.18. The molecule has 2 aromatic rings. The molecule has 20 heavy (non-hydrogen) atoms. The lowest BCUT2D eigenvalue weighted by atomic mass is 9.97. The maximum Gasteiger partial charge on any atom is 0.335 e. The van der Waals surface area contributed by atoms with Crippen LogP contribution in [0.5, 0.6) is 0 Å². The van der Waals surface area contributed by atoms with Crippen molar-refractivity contribution in [1.29, 1.82) is 0 Å². The fourth-order valence-electron chi connectivity index (χ4n) is 2.59. The lowest BCUT2D eigenvalue weighted by Crippen LogP contribution is -2.30. The maximum absolute atomic E-state index is 11.0. The van der Waals surface area contributed by atoms with E-state index >= 15 is 0 Å². The summed E-state index contributed by atoms with van der Waals surface area (Å²) in [6.45, 7) is 4.30. The highest BCUT2D eigenvalue weighted by Crippen LogP contribution is 2.22. The average molecular weight is 272 g/mol. The van der Waals surface area contributed by atoms with Crippen LogP contribution in [0.3, 0.4) is 0 Å². The first-order valence-electron chi connectivity index (χ1n) is 6.61. The smallest absolute Gasteiger partial charge is 0.335 e. The Labute approximate surface area is 116 Å². The van der Waals surface area contributed by atoms with E-state index in [2.05, 4.69) is 10.1 Å². The van der Waals surface area contributed by atoms with Gasteiger partial charge in [0.1, 0.15) is 0 Å². The summed E-state index contributed by atoms with van der Waals surface area (Å²) in [6.07, 6.45) is 0.933. The Morgan fingerprint density at radius 1 is 1.40 bits per heavy atom. The van der Waals surface area contributed by atoms with Crippen molar-refractivity contribution in [2.75, 3.05) is 6.54 Å². The molecule has 2 heterocycles. The van der Waals surface area contributed by atoms with Crippen LogP contribution in [0.15, 0.2) is 28.8 Å². The van der Waals surface area contributed by atoms with Crippen LogP contribution in [0, 0.1) is 6.92 Å². The van der Waals surface area contributed by atoms with Crippen LogP contribution in [-0.2, 0) is 19.5 Å². The number of rotatable bonds is 3. The van der Waals surface area contributed by atoms with Crippen molar-refractivity contribution >= 4 is 5.97 Å². The monoisotopic (exact) mass is 272 g/mol. The molecule has 0 bridgehead atoms. The van der Waals surface area contributed by atoms with Gasteiger partial charge in [-0.3, -0.25) is 4.90 Å². The van der Waals surface area contributed by atoms with E-state index in [1.807, 2.05) is 19.1 Å². The van der Waals surface area contributed by atoms with Gasteiger partial charge in [-0.25, -0.2) is 4.79 Å². The van der Waals surface area contributed by atoms with Gasteiger partial charge in [-0.15, -0.1) is 0 Å². The van der Waals surface area contributed by atoms with Gasteiger partial charge in [0.15, 0.2) is 5.76 Å². The van der Waals surface area contributed by atoms with E-state index in [9.17, 15) is 4.79 Å². The number of carboxylic acid groups (broad SMARTS) is 1. The first-order valence-corrected chi connectivity index (χ1v) is 6.61. The number of carboxylic acids is 1. The molecular weight excluding hydrogens is 256 g/mol. The number of aromatic carboxylic acids is 1. The minimum Gasteiger partial charge on any atom is -0.478 e. The summed E-state index contributed by atoms with van der Waals surface area (Å²) >= 11 is 0. The van der Waals surface area contributed by atoms with Gasteiger partial charge < -0.3 is 9.63 Å². The molecule has 0 radical (unpaired) electrons. The summed E-state index contributed by atoms with van der Waals surface area (Å²) in [6, 6.07) is 7.31. The molecule has 0 unspecified atom stereocenters. The number of carbonyl (C=O) groups is 1. The molecule has 1 aromatic carbocycles. The van der Waals surface area contributed by atoms with E-state index in [0.717, 1.165) is 36.5 Å². The zero-order valence-electron chi connectivity index (χ0n) is 11.3. The Bertz CT molecular complexity index is 648. The first kappa shape index (κ1) is 12.9. The number of hydrogen-bond donors (Lipinski definition) is 1. The minimum atomic E-state index is -0.879.